The van der Waals surface area contributed by atoms with Crippen LogP contribution in [0, 0.1) is 0 Å². The van der Waals surface area contributed by atoms with E-state index in [0.29, 0.717) is 22.5 Å². The van der Waals surface area contributed by atoms with Gasteiger partial charge in [0.2, 0.25) is 5.91 Å². The molecule has 3 amide bonds. The minimum Gasteiger partial charge on any atom is -0.482 e. The molecule has 0 saturated heterocycles. The van der Waals surface area contributed by atoms with E-state index in [-0.39, 0.29) is 30.0 Å². The Morgan fingerprint density at radius 2 is 1.54 bits per heavy atom. The van der Waals surface area contributed by atoms with Gasteiger partial charge in [0.25, 0.3) is 11.8 Å². The van der Waals surface area contributed by atoms with Crippen molar-refractivity contribution in [3.8, 4) is 5.75 Å². The number of rotatable bonds is 7. The topological polar surface area (TPSA) is 114 Å². The Balaban J connectivity index is 2.05. The van der Waals surface area contributed by atoms with Crippen LogP contribution in [0.1, 0.15) is 34.6 Å². The number of amides is 3. The molecule has 3 N–H and O–H groups in total. The number of anilines is 2. The number of carbonyl (C=O) groups excluding carboxylic acids is 4. The largest absolute Gasteiger partial charge is 0.482 e. The summed E-state index contributed by atoms with van der Waals surface area (Å²) in [7, 11) is 1.53. The van der Waals surface area contributed by atoms with Gasteiger partial charge in [0, 0.05) is 30.8 Å². The van der Waals surface area contributed by atoms with E-state index >= 15 is 0 Å². The molecular formula is C20H21N3O5. The second-order valence-electron chi connectivity index (χ2n) is 5.94. The Morgan fingerprint density at radius 3 is 2.11 bits per heavy atom. The van der Waals surface area contributed by atoms with Crippen LogP contribution in [0.15, 0.2) is 42.5 Å². The van der Waals surface area contributed by atoms with Crippen LogP contribution in [0.2, 0.25) is 0 Å². The van der Waals surface area contributed by atoms with Gasteiger partial charge >= 0.3 is 0 Å². The fourth-order valence-corrected chi connectivity index (χ4v) is 2.34. The Labute approximate surface area is 162 Å². The molecule has 0 aliphatic rings. The van der Waals surface area contributed by atoms with Gasteiger partial charge in [-0.3, -0.25) is 19.2 Å². The molecule has 2 aromatic carbocycles. The van der Waals surface area contributed by atoms with Crippen LogP contribution in [-0.4, -0.2) is 37.2 Å². The average molecular weight is 383 g/mol. The summed E-state index contributed by atoms with van der Waals surface area (Å²) in [6.45, 7) is 2.43. The van der Waals surface area contributed by atoms with Crippen LogP contribution in [0.4, 0.5) is 11.4 Å². The monoisotopic (exact) mass is 383 g/mol. The molecule has 0 aromatic heterocycles. The molecule has 0 bridgehead atoms. The molecular weight excluding hydrogens is 362 g/mol. The van der Waals surface area contributed by atoms with E-state index in [2.05, 4.69) is 16.0 Å². The highest BCUT2D eigenvalue weighted by Gasteiger charge is 2.12. The predicted octanol–water partition coefficient (Wildman–Crippen LogP) is 2.22. The third-order valence-electron chi connectivity index (χ3n) is 3.72. The first-order valence-electron chi connectivity index (χ1n) is 8.47. The Hall–Kier alpha value is -3.68. The highest BCUT2D eigenvalue weighted by molar-refractivity contribution is 5.97. The lowest BCUT2D eigenvalue weighted by molar-refractivity contribution is -0.118. The molecule has 0 unspecified atom stereocenters. The van der Waals surface area contributed by atoms with Crippen LogP contribution in [0.3, 0.4) is 0 Å². The number of ketones is 1. The van der Waals surface area contributed by atoms with Gasteiger partial charge in [-0.15, -0.1) is 0 Å². The number of hydrogen-bond acceptors (Lipinski definition) is 5. The maximum Gasteiger partial charge on any atom is 0.262 e. The minimum absolute atomic E-state index is 0.167. The second-order valence-corrected chi connectivity index (χ2v) is 5.94. The number of hydrogen-bond donors (Lipinski definition) is 3. The zero-order valence-electron chi connectivity index (χ0n) is 15.8. The van der Waals surface area contributed by atoms with Crippen LogP contribution >= 0.6 is 0 Å². The number of benzene rings is 2. The van der Waals surface area contributed by atoms with E-state index in [1.165, 1.54) is 27.0 Å². The summed E-state index contributed by atoms with van der Waals surface area (Å²) in [5.41, 5.74) is 1.73. The first-order chi connectivity index (χ1) is 13.3. The predicted molar refractivity (Wildman–Crippen MR) is 105 cm³/mol. The SMILES string of the molecule is CNC(=O)c1ccc(NC(=O)COc2cc(C(C)=O)ccc2NC(C)=O)cc1. The van der Waals surface area contributed by atoms with Crippen molar-refractivity contribution >= 4 is 34.9 Å². The van der Waals surface area contributed by atoms with Crippen molar-refractivity contribution in [2.24, 2.45) is 0 Å². The molecule has 8 nitrogen and oxygen atoms in total. The van der Waals surface area contributed by atoms with E-state index in [1.54, 1.807) is 36.4 Å². The number of nitrogens with one attached hydrogen (secondary N) is 3. The standard InChI is InChI=1S/C20H21N3O5/c1-12(24)15-6-9-17(22-13(2)25)18(10-15)28-11-19(26)23-16-7-4-14(5-8-16)20(27)21-3/h4-10H,11H2,1-3H3,(H,21,27)(H,22,25)(H,23,26). The highest BCUT2D eigenvalue weighted by Crippen LogP contribution is 2.26. The molecule has 0 aliphatic heterocycles. The van der Waals surface area contributed by atoms with Crippen molar-refractivity contribution < 1.29 is 23.9 Å². The quantitative estimate of drug-likeness (QED) is 0.635. The first-order valence-corrected chi connectivity index (χ1v) is 8.47. The van der Waals surface area contributed by atoms with Crippen molar-refractivity contribution in [1.82, 2.24) is 5.32 Å². The van der Waals surface area contributed by atoms with Crippen LogP contribution < -0.4 is 20.7 Å². The molecule has 8 heteroatoms. The van der Waals surface area contributed by atoms with Gasteiger partial charge in [0.15, 0.2) is 12.4 Å². The lowest BCUT2D eigenvalue weighted by Crippen LogP contribution is -2.21. The Morgan fingerprint density at radius 1 is 0.893 bits per heavy atom. The number of Topliss-reactive ketones (excluding diaryl/α,β-unsaturated/α-hetero) is 1. The minimum atomic E-state index is -0.435. The molecule has 2 rings (SSSR count). The summed E-state index contributed by atoms with van der Waals surface area (Å²) in [5.74, 6) is -0.916. The normalized spacial score (nSPS) is 9.96. The summed E-state index contributed by atoms with van der Waals surface area (Å²) >= 11 is 0. The second kappa shape index (κ2) is 9.31. The summed E-state index contributed by atoms with van der Waals surface area (Å²) < 4.78 is 5.50. The summed E-state index contributed by atoms with van der Waals surface area (Å²) in [5, 5.41) is 7.75. The molecule has 0 aliphatic carbocycles. The van der Waals surface area contributed by atoms with E-state index in [4.69, 9.17) is 4.74 Å². The highest BCUT2D eigenvalue weighted by atomic mass is 16.5. The smallest absolute Gasteiger partial charge is 0.262 e. The van der Waals surface area contributed by atoms with Gasteiger partial charge < -0.3 is 20.7 Å². The third kappa shape index (κ3) is 5.66. The molecule has 2 aromatic rings. The number of carbonyl (C=O) groups is 4. The first kappa shape index (κ1) is 20.6. The van der Waals surface area contributed by atoms with Crippen molar-refractivity contribution in [1.29, 1.82) is 0 Å². The van der Waals surface area contributed by atoms with Crippen molar-refractivity contribution in [2.45, 2.75) is 13.8 Å². The molecule has 0 atom stereocenters. The van der Waals surface area contributed by atoms with Gasteiger partial charge in [-0.05, 0) is 49.4 Å². The van der Waals surface area contributed by atoms with E-state index in [1.807, 2.05) is 0 Å². The van der Waals surface area contributed by atoms with Gasteiger partial charge in [0.05, 0.1) is 5.69 Å². The molecule has 0 radical (unpaired) electrons. The fourth-order valence-electron chi connectivity index (χ4n) is 2.34. The van der Waals surface area contributed by atoms with Gasteiger partial charge in [-0.2, -0.15) is 0 Å². The van der Waals surface area contributed by atoms with Crippen LogP contribution in [0.25, 0.3) is 0 Å². The molecule has 0 fully saturated rings. The average Bonchev–Trinajstić information content (AvgIpc) is 2.66. The molecule has 146 valence electrons. The van der Waals surface area contributed by atoms with Crippen molar-refractivity contribution in [3.05, 3.63) is 53.6 Å². The van der Waals surface area contributed by atoms with E-state index in [0.717, 1.165) is 0 Å². The molecule has 0 heterocycles. The molecule has 0 saturated carbocycles. The van der Waals surface area contributed by atoms with Crippen molar-refractivity contribution in [3.63, 3.8) is 0 Å². The van der Waals surface area contributed by atoms with Gasteiger partial charge in [-0.1, -0.05) is 0 Å². The van der Waals surface area contributed by atoms with Gasteiger partial charge in [-0.25, -0.2) is 0 Å². The van der Waals surface area contributed by atoms with Crippen molar-refractivity contribution in [2.75, 3.05) is 24.3 Å². The molecule has 28 heavy (non-hydrogen) atoms. The number of ether oxygens (including phenoxy) is 1. The van der Waals surface area contributed by atoms with Crippen LogP contribution in [0.5, 0.6) is 5.75 Å². The zero-order valence-corrected chi connectivity index (χ0v) is 15.8. The maximum atomic E-state index is 12.1. The fraction of sp³-hybridized carbons (Fsp3) is 0.200. The summed E-state index contributed by atoms with van der Waals surface area (Å²) in [6.07, 6.45) is 0. The lowest BCUT2D eigenvalue weighted by Gasteiger charge is -2.13. The molecule has 0 spiro atoms. The van der Waals surface area contributed by atoms with Gasteiger partial charge in [0.1, 0.15) is 5.75 Å². The third-order valence-corrected chi connectivity index (χ3v) is 3.72. The lowest BCUT2D eigenvalue weighted by atomic mass is 10.1. The van der Waals surface area contributed by atoms with E-state index in [9.17, 15) is 19.2 Å². The Bertz CT molecular complexity index is 907. The summed E-state index contributed by atoms with van der Waals surface area (Å²) in [4.78, 5) is 46.5. The summed E-state index contributed by atoms with van der Waals surface area (Å²) in [6, 6.07) is 10.9. The Kier molecular flexibility index (Phi) is 6.86. The maximum absolute atomic E-state index is 12.1. The van der Waals surface area contributed by atoms with E-state index < -0.39 is 5.91 Å². The van der Waals surface area contributed by atoms with Crippen LogP contribution in [-0.2, 0) is 9.59 Å². The zero-order chi connectivity index (χ0) is 20.7.